The molecule has 11 heteroatoms. The molecule has 2 heterocycles. The van der Waals surface area contributed by atoms with Crippen molar-refractivity contribution in [2.45, 2.75) is 64.5 Å². The van der Waals surface area contributed by atoms with E-state index in [1.165, 1.54) is 18.5 Å². The van der Waals surface area contributed by atoms with Gasteiger partial charge in [0.1, 0.15) is 11.9 Å². The second-order valence-corrected chi connectivity index (χ2v) is 11.9. The highest BCUT2D eigenvalue weighted by molar-refractivity contribution is 7.90. The number of halogens is 4. The van der Waals surface area contributed by atoms with Gasteiger partial charge in [-0.05, 0) is 42.9 Å². The van der Waals surface area contributed by atoms with Crippen molar-refractivity contribution in [1.29, 1.82) is 0 Å². The maximum atomic E-state index is 15.1. The highest BCUT2D eigenvalue weighted by Crippen LogP contribution is 2.41. The van der Waals surface area contributed by atoms with E-state index in [1.807, 2.05) is 25.5 Å². The molecule has 0 amide bonds. The number of aromatic amines is 1. The summed E-state index contributed by atoms with van der Waals surface area (Å²) in [5, 5.41) is 5.82. The third kappa shape index (κ3) is 4.79. The van der Waals surface area contributed by atoms with Crippen molar-refractivity contribution in [1.82, 2.24) is 19.5 Å². The zero-order valence-corrected chi connectivity index (χ0v) is 19.5. The lowest BCUT2D eigenvalue weighted by Gasteiger charge is -2.22. The zero-order valence-electron chi connectivity index (χ0n) is 18.7. The minimum Gasteiger partial charge on any atom is -0.347 e. The number of aromatic nitrogens is 3. The molecule has 0 spiro atoms. The van der Waals surface area contributed by atoms with Crippen LogP contribution in [0.1, 0.15) is 50.8 Å². The summed E-state index contributed by atoms with van der Waals surface area (Å²) in [7, 11) is -4.16. The van der Waals surface area contributed by atoms with Gasteiger partial charge in [0, 0.05) is 34.8 Å². The molecule has 0 bridgehead atoms. The largest absolute Gasteiger partial charge is 0.408 e. The highest BCUT2D eigenvalue weighted by Gasteiger charge is 2.47. The third-order valence-corrected chi connectivity index (χ3v) is 7.54. The average molecular weight is 487 g/mol. The first-order valence-electron chi connectivity index (χ1n) is 10.6. The van der Waals surface area contributed by atoms with Crippen LogP contribution in [0, 0.1) is 18.2 Å². The predicted octanol–water partition coefficient (Wildman–Crippen LogP) is 5.21. The second kappa shape index (κ2) is 7.83. The van der Waals surface area contributed by atoms with Crippen molar-refractivity contribution in [3.63, 3.8) is 0 Å². The first-order valence-corrected chi connectivity index (χ1v) is 12.1. The van der Waals surface area contributed by atoms with Gasteiger partial charge in [-0.25, -0.2) is 12.8 Å². The number of alkyl halides is 3. The van der Waals surface area contributed by atoms with Gasteiger partial charge in [-0.1, -0.05) is 20.8 Å². The number of fused-ring (bicyclic) bond motifs is 1. The number of H-pyrrole nitrogens is 1. The normalized spacial score (nSPS) is 16.5. The third-order valence-electron chi connectivity index (χ3n) is 5.63. The molecule has 0 radical (unpaired) electrons. The number of benzene rings is 1. The molecule has 0 saturated heterocycles. The second-order valence-electron chi connectivity index (χ2n) is 9.89. The maximum Gasteiger partial charge on any atom is 0.408 e. The van der Waals surface area contributed by atoms with Gasteiger partial charge in [-0.15, -0.1) is 0 Å². The lowest BCUT2D eigenvalue weighted by Crippen LogP contribution is -2.39. The molecule has 180 valence electrons. The van der Waals surface area contributed by atoms with Crippen LogP contribution >= 0.6 is 0 Å². The van der Waals surface area contributed by atoms with Crippen LogP contribution in [0.5, 0.6) is 0 Å². The molecule has 1 fully saturated rings. The van der Waals surface area contributed by atoms with Crippen LogP contribution in [-0.2, 0) is 16.6 Å². The van der Waals surface area contributed by atoms with Gasteiger partial charge in [-0.3, -0.25) is 5.10 Å². The average Bonchev–Trinajstić information content (AvgIpc) is 3.38. The van der Waals surface area contributed by atoms with Crippen LogP contribution in [0.2, 0.25) is 0 Å². The van der Waals surface area contributed by atoms with Crippen LogP contribution in [0.25, 0.3) is 22.2 Å². The van der Waals surface area contributed by atoms with Crippen molar-refractivity contribution >= 4 is 20.9 Å². The van der Waals surface area contributed by atoms with Gasteiger partial charge < -0.3 is 4.57 Å². The Morgan fingerprint density at radius 3 is 2.42 bits per heavy atom. The van der Waals surface area contributed by atoms with Gasteiger partial charge in [0.15, 0.2) is 0 Å². The minimum atomic E-state index is -4.90. The Kier molecular flexibility index (Phi) is 5.64. The van der Waals surface area contributed by atoms with E-state index in [-0.39, 0.29) is 21.9 Å². The molecular weight excluding hydrogens is 460 g/mol. The SMILES string of the molecule is Cc1cn[nH]c1-c1cc2c(cc1F)c([C@H](NS(=O)(=O)C1CC1)C(F)(F)F)cn2CC(C)(C)C. The lowest BCUT2D eigenvalue weighted by atomic mass is 9.97. The van der Waals surface area contributed by atoms with Crippen molar-refractivity contribution in [3.05, 3.63) is 41.5 Å². The van der Waals surface area contributed by atoms with E-state index >= 15 is 4.39 Å². The van der Waals surface area contributed by atoms with Crippen molar-refractivity contribution in [2.24, 2.45) is 5.41 Å². The maximum absolute atomic E-state index is 15.1. The summed E-state index contributed by atoms with van der Waals surface area (Å²) in [4.78, 5) is 0. The van der Waals surface area contributed by atoms with Crippen LogP contribution in [0.4, 0.5) is 17.6 Å². The fourth-order valence-corrected chi connectivity index (χ4v) is 5.50. The van der Waals surface area contributed by atoms with Crippen molar-refractivity contribution < 1.29 is 26.0 Å². The van der Waals surface area contributed by atoms with E-state index in [4.69, 9.17) is 0 Å². The number of hydrogen-bond acceptors (Lipinski definition) is 3. The lowest BCUT2D eigenvalue weighted by molar-refractivity contribution is -0.152. The molecule has 2 aromatic heterocycles. The molecule has 1 aromatic carbocycles. The molecule has 1 aliphatic rings. The van der Waals surface area contributed by atoms with Gasteiger partial charge in [0.05, 0.1) is 17.1 Å². The molecule has 33 heavy (non-hydrogen) atoms. The fourth-order valence-electron chi connectivity index (χ4n) is 3.97. The first-order chi connectivity index (χ1) is 15.2. The molecule has 2 N–H and O–H groups in total. The van der Waals surface area contributed by atoms with Crippen LogP contribution < -0.4 is 4.72 Å². The Morgan fingerprint density at radius 1 is 1.24 bits per heavy atom. The molecule has 4 rings (SSSR count). The Bertz CT molecular complexity index is 1300. The smallest absolute Gasteiger partial charge is 0.347 e. The topological polar surface area (TPSA) is 79.8 Å². The fraction of sp³-hybridized carbons (Fsp3) is 0.500. The summed E-state index contributed by atoms with van der Waals surface area (Å²) in [6.07, 6.45) is -1.43. The van der Waals surface area contributed by atoms with Crippen LogP contribution in [-0.4, -0.2) is 34.6 Å². The molecule has 1 saturated carbocycles. The quantitative estimate of drug-likeness (QED) is 0.470. The van der Waals surface area contributed by atoms with Gasteiger partial charge in [0.25, 0.3) is 0 Å². The van der Waals surface area contributed by atoms with Crippen molar-refractivity contribution in [3.8, 4) is 11.3 Å². The number of sulfonamides is 1. The van der Waals surface area contributed by atoms with Crippen molar-refractivity contribution in [2.75, 3.05) is 0 Å². The van der Waals surface area contributed by atoms with Gasteiger partial charge >= 0.3 is 6.18 Å². The van der Waals surface area contributed by atoms with Gasteiger partial charge in [-0.2, -0.15) is 23.0 Å². The summed E-state index contributed by atoms with van der Waals surface area (Å²) < 4.78 is 85.8. The molecule has 3 aromatic rings. The Labute approximate surface area is 189 Å². The molecule has 1 aliphatic carbocycles. The highest BCUT2D eigenvalue weighted by atomic mass is 32.2. The van der Waals surface area contributed by atoms with E-state index in [2.05, 4.69) is 10.2 Å². The molecular formula is C22H26F4N4O2S. The minimum absolute atomic E-state index is 0.0125. The van der Waals surface area contributed by atoms with E-state index < -0.39 is 33.3 Å². The van der Waals surface area contributed by atoms with Gasteiger partial charge in [0.2, 0.25) is 10.0 Å². The molecule has 0 aliphatic heterocycles. The number of aryl methyl sites for hydroxylation is 1. The van der Waals surface area contributed by atoms with Crippen LogP contribution in [0.15, 0.2) is 24.5 Å². The standard InChI is InChI=1S/C22H26F4N4O2S/c1-12-9-27-28-19(12)15-8-18-14(7-17(15)23)16(10-30(18)11-21(2,3)4)20(22(24,25)26)29-33(31,32)13-5-6-13/h7-10,13,20,29H,5-6,11H2,1-4H3,(H,27,28)/t20-/m0/s1. The summed E-state index contributed by atoms with van der Waals surface area (Å²) in [5.41, 5.74) is 1.06. The Balaban J connectivity index is 1.93. The van der Waals surface area contributed by atoms with E-state index in [1.54, 1.807) is 11.5 Å². The summed E-state index contributed by atoms with van der Waals surface area (Å²) in [6.45, 7) is 7.88. The Morgan fingerprint density at radius 2 is 1.91 bits per heavy atom. The number of hydrogen-bond donors (Lipinski definition) is 2. The summed E-state index contributed by atoms with van der Waals surface area (Å²) in [5.74, 6) is -0.726. The monoisotopic (exact) mass is 486 g/mol. The Hall–Kier alpha value is -2.40. The summed E-state index contributed by atoms with van der Waals surface area (Å²) >= 11 is 0. The first kappa shape index (κ1) is 23.7. The number of rotatable bonds is 6. The molecule has 6 nitrogen and oxygen atoms in total. The van der Waals surface area contributed by atoms with Crippen LogP contribution in [0.3, 0.4) is 0 Å². The number of nitrogens with zero attached hydrogens (tertiary/aromatic N) is 2. The number of nitrogens with one attached hydrogen (secondary N) is 2. The van der Waals surface area contributed by atoms with E-state index in [0.717, 1.165) is 6.07 Å². The van der Waals surface area contributed by atoms with E-state index in [0.29, 0.717) is 36.2 Å². The molecule has 0 unspecified atom stereocenters. The predicted molar refractivity (Wildman–Crippen MR) is 118 cm³/mol. The molecule has 1 atom stereocenters. The van der Waals surface area contributed by atoms with E-state index in [9.17, 15) is 21.6 Å². The summed E-state index contributed by atoms with van der Waals surface area (Å²) in [6, 6.07) is 0.0540. The zero-order chi connectivity index (χ0) is 24.3.